The third-order valence-electron chi connectivity index (χ3n) is 6.44. The van der Waals surface area contributed by atoms with Crippen LogP contribution in [0.5, 0.6) is 11.5 Å². The van der Waals surface area contributed by atoms with Gasteiger partial charge in [0.05, 0.1) is 35.7 Å². The summed E-state index contributed by atoms with van der Waals surface area (Å²) >= 11 is 12.6. The number of carbonyl (C=O) groups excluding carboxylic acids is 1. The van der Waals surface area contributed by atoms with Crippen molar-refractivity contribution in [3.8, 4) is 11.5 Å². The number of ether oxygens (including phenoxy) is 2. The Hall–Kier alpha value is -3.48. The number of anilines is 1. The van der Waals surface area contributed by atoms with Crippen LogP contribution < -0.4 is 19.8 Å². The van der Waals surface area contributed by atoms with Crippen molar-refractivity contribution in [1.29, 1.82) is 0 Å². The summed E-state index contributed by atoms with van der Waals surface area (Å²) in [5.74, 6) is 0.689. The quantitative estimate of drug-likeness (QED) is 0.218. The van der Waals surface area contributed by atoms with E-state index in [0.29, 0.717) is 50.4 Å². The lowest BCUT2D eigenvalue weighted by atomic mass is 9.98. The molecule has 1 atom stereocenters. The van der Waals surface area contributed by atoms with Crippen molar-refractivity contribution >= 4 is 45.8 Å². The smallest absolute Gasteiger partial charge is 0.295 e. The zero-order chi connectivity index (χ0) is 26.1. The normalized spacial score (nSPS) is 14.8. The Balaban J connectivity index is 1.68. The molecule has 3 aromatic carbocycles. The Bertz CT molecular complexity index is 1550. The second-order valence-corrected chi connectivity index (χ2v) is 9.68. The Morgan fingerprint density at radius 3 is 2.59 bits per heavy atom. The van der Waals surface area contributed by atoms with Crippen LogP contribution in [-0.2, 0) is 0 Å². The minimum atomic E-state index is -0.759. The van der Waals surface area contributed by atoms with Gasteiger partial charge < -0.3 is 13.9 Å². The van der Waals surface area contributed by atoms with Gasteiger partial charge in [-0.15, -0.1) is 0 Å². The molecule has 0 radical (unpaired) electrons. The summed E-state index contributed by atoms with van der Waals surface area (Å²) in [6.45, 7) is 2.72. The molecular formula is C29H25Cl2NO5. The largest absolute Gasteiger partial charge is 0.495 e. The highest BCUT2D eigenvalue weighted by Gasteiger charge is 2.44. The molecule has 0 N–H and O–H groups in total. The minimum Gasteiger partial charge on any atom is -0.495 e. The first-order valence-corrected chi connectivity index (χ1v) is 12.8. The number of halogens is 2. The molecule has 0 saturated heterocycles. The van der Waals surface area contributed by atoms with Gasteiger partial charge in [-0.2, -0.15) is 0 Å². The second-order valence-electron chi connectivity index (χ2n) is 8.84. The molecule has 6 nitrogen and oxygen atoms in total. The van der Waals surface area contributed by atoms with E-state index < -0.39 is 11.9 Å². The highest BCUT2D eigenvalue weighted by molar-refractivity contribution is 6.32. The topological polar surface area (TPSA) is 69.0 Å². The van der Waals surface area contributed by atoms with E-state index in [2.05, 4.69) is 6.92 Å². The first-order valence-electron chi connectivity index (χ1n) is 12.1. The predicted octanol–water partition coefficient (Wildman–Crippen LogP) is 7.43. The van der Waals surface area contributed by atoms with Crippen molar-refractivity contribution in [2.24, 2.45) is 0 Å². The number of hydrogen-bond acceptors (Lipinski definition) is 5. The van der Waals surface area contributed by atoms with Gasteiger partial charge in [-0.25, -0.2) is 0 Å². The third-order valence-corrected chi connectivity index (χ3v) is 6.97. The Morgan fingerprint density at radius 2 is 1.84 bits per heavy atom. The molecule has 1 unspecified atom stereocenters. The number of nitrogens with zero attached hydrogens (tertiary/aromatic N) is 1. The molecule has 0 saturated carbocycles. The Kier molecular flexibility index (Phi) is 7.13. The number of rotatable bonds is 8. The van der Waals surface area contributed by atoms with Crippen LogP contribution in [0.3, 0.4) is 0 Å². The van der Waals surface area contributed by atoms with Crippen molar-refractivity contribution in [3.05, 3.63) is 97.8 Å². The number of amides is 1. The van der Waals surface area contributed by atoms with E-state index in [4.69, 9.17) is 37.1 Å². The number of benzene rings is 3. The molecule has 0 bridgehead atoms. The highest BCUT2D eigenvalue weighted by atomic mass is 35.5. The van der Waals surface area contributed by atoms with Crippen LogP contribution in [0.4, 0.5) is 5.69 Å². The zero-order valence-electron chi connectivity index (χ0n) is 20.4. The number of fused-ring (bicyclic) bond motifs is 2. The van der Waals surface area contributed by atoms with Gasteiger partial charge in [-0.3, -0.25) is 14.5 Å². The maximum absolute atomic E-state index is 13.8. The maximum Gasteiger partial charge on any atom is 0.295 e. The van der Waals surface area contributed by atoms with E-state index in [1.165, 1.54) is 12.0 Å². The summed E-state index contributed by atoms with van der Waals surface area (Å²) in [7, 11) is 1.52. The van der Waals surface area contributed by atoms with Crippen LogP contribution in [0.25, 0.3) is 11.0 Å². The number of carbonyl (C=O) groups is 1. The Morgan fingerprint density at radius 1 is 1.00 bits per heavy atom. The lowest BCUT2D eigenvalue weighted by Crippen LogP contribution is -2.29. The van der Waals surface area contributed by atoms with E-state index >= 15 is 0 Å². The molecule has 1 aromatic heterocycles. The van der Waals surface area contributed by atoms with Crippen molar-refractivity contribution in [1.82, 2.24) is 0 Å². The Labute approximate surface area is 224 Å². The van der Waals surface area contributed by atoms with Crippen LogP contribution in [0, 0.1) is 0 Å². The first kappa shape index (κ1) is 25.2. The first-order chi connectivity index (χ1) is 17.9. The van der Waals surface area contributed by atoms with Crippen LogP contribution in [0.15, 0.2) is 69.9 Å². The predicted molar refractivity (Wildman–Crippen MR) is 146 cm³/mol. The summed E-state index contributed by atoms with van der Waals surface area (Å²) in [6.07, 6.45) is 3.11. The van der Waals surface area contributed by atoms with Gasteiger partial charge in [0.2, 0.25) is 5.76 Å². The van der Waals surface area contributed by atoms with Crippen LogP contribution in [0.2, 0.25) is 10.0 Å². The van der Waals surface area contributed by atoms with Gasteiger partial charge in [0.1, 0.15) is 17.1 Å². The minimum absolute atomic E-state index is 0.00831. The molecule has 0 fully saturated rings. The number of methoxy groups -OCH3 is 1. The van der Waals surface area contributed by atoms with Crippen molar-refractivity contribution in [3.63, 3.8) is 0 Å². The molecule has 5 rings (SSSR count). The van der Waals surface area contributed by atoms with Crippen molar-refractivity contribution < 1.29 is 18.7 Å². The fourth-order valence-corrected chi connectivity index (χ4v) is 5.07. The molecule has 4 aromatic rings. The van der Waals surface area contributed by atoms with Crippen LogP contribution in [0.1, 0.15) is 53.9 Å². The van der Waals surface area contributed by atoms with Crippen LogP contribution in [-0.4, -0.2) is 19.6 Å². The van der Waals surface area contributed by atoms with Gasteiger partial charge in [0, 0.05) is 10.7 Å². The van der Waals surface area contributed by atoms with E-state index in [9.17, 15) is 9.59 Å². The van der Waals surface area contributed by atoms with Crippen LogP contribution >= 0.6 is 23.2 Å². The lowest BCUT2D eigenvalue weighted by molar-refractivity contribution is 0.0971. The summed E-state index contributed by atoms with van der Waals surface area (Å²) in [5, 5.41) is 1.05. The summed E-state index contributed by atoms with van der Waals surface area (Å²) in [6, 6.07) is 16.5. The number of hydrogen-bond donors (Lipinski definition) is 0. The molecule has 0 aliphatic carbocycles. The summed E-state index contributed by atoms with van der Waals surface area (Å²) < 4.78 is 17.3. The van der Waals surface area contributed by atoms with Gasteiger partial charge in [0.25, 0.3) is 5.91 Å². The number of unbranched alkanes of at least 4 members (excludes halogenated alkanes) is 2. The van der Waals surface area contributed by atoms with E-state index in [-0.39, 0.29) is 16.8 Å². The summed E-state index contributed by atoms with van der Waals surface area (Å²) in [5.41, 5.74) is 1.44. The molecule has 0 spiro atoms. The molecular weight excluding hydrogens is 513 g/mol. The maximum atomic E-state index is 13.8. The molecule has 37 heavy (non-hydrogen) atoms. The lowest BCUT2D eigenvalue weighted by Gasteiger charge is -2.26. The average Bonchev–Trinajstić information content (AvgIpc) is 3.19. The fourth-order valence-electron chi connectivity index (χ4n) is 4.65. The fraction of sp³-hybridized carbons (Fsp3) is 0.241. The van der Waals surface area contributed by atoms with Gasteiger partial charge in [-0.1, -0.05) is 55.1 Å². The molecule has 1 aliphatic rings. The van der Waals surface area contributed by atoms with Gasteiger partial charge in [-0.05, 0) is 60.5 Å². The zero-order valence-corrected chi connectivity index (χ0v) is 21.9. The van der Waals surface area contributed by atoms with E-state index in [1.54, 1.807) is 36.4 Å². The van der Waals surface area contributed by atoms with Gasteiger partial charge in [0.15, 0.2) is 5.43 Å². The molecule has 1 amide bonds. The molecule has 2 heterocycles. The van der Waals surface area contributed by atoms with Crippen molar-refractivity contribution in [2.75, 3.05) is 18.6 Å². The SMILES string of the molecule is CCCCCOc1cccc(C2c3c(oc4ccc(Cl)cc4c3=O)C(=O)N2c2ccc(OC)c(Cl)c2)c1. The molecule has 1 aliphatic heterocycles. The van der Waals surface area contributed by atoms with Crippen molar-refractivity contribution in [2.45, 2.75) is 32.2 Å². The van der Waals surface area contributed by atoms with E-state index in [1.807, 2.05) is 24.3 Å². The van der Waals surface area contributed by atoms with Gasteiger partial charge >= 0.3 is 0 Å². The monoisotopic (exact) mass is 537 g/mol. The molecule has 8 heteroatoms. The standard InChI is InChI=1S/C29H25Cl2NO5/c1-3-4-5-13-36-20-8-6-7-17(14-20)26-25-27(33)21-15-18(30)9-11-23(21)37-28(25)29(34)32(26)19-10-12-24(35-2)22(31)16-19/h6-12,14-16,26H,3-5,13H2,1-2H3. The second kappa shape index (κ2) is 10.5. The summed E-state index contributed by atoms with van der Waals surface area (Å²) in [4.78, 5) is 29.1. The highest BCUT2D eigenvalue weighted by Crippen LogP contribution is 2.43. The van der Waals surface area contributed by atoms with E-state index in [0.717, 1.165) is 19.3 Å². The third kappa shape index (κ3) is 4.67. The molecule has 190 valence electrons. The average molecular weight is 538 g/mol.